The van der Waals surface area contributed by atoms with Crippen molar-refractivity contribution in [2.45, 2.75) is 31.8 Å². The molecule has 0 saturated carbocycles. The minimum absolute atomic E-state index is 0.201. The van der Waals surface area contributed by atoms with E-state index in [4.69, 9.17) is 0 Å². The zero-order valence-electron chi connectivity index (χ0n) is 14.5. The predicted molar refractivity (Wildman–Crippen MR) is 96.9 cm³/mol. The molecule has 6 heteroatoms. The molecular weight excluding hydrogens is 320 g/mol. The van der Waals surface area contributed by atoms with Crippen molar-refractivity contribution in [1.82, 2.24) is 19.7 Å². The maximum Gasteiger partial charge on any atom is 0.233 e. The lowest BCUT2D eigenvalue weighted by Gasteiger charge is -2.30. The summed E-state index contributed by atoms with van der Waals surface area (Å²) in [4.78, 5) is 14.4. The zero-order valence-corrected chi connectivity index (χ0v) is 15.3. The molecule has 2 aromatic rings. The van der Waals surface area contributed by atoms with Gasteiger partial charge in [0.15, 0.2) is 11.0 Å². The van der Waals surface area contributed by atoms with Crippen molar-refractivity contribution in [1.29, 1.82) is 0 Å². The first-order valence-corrected chi connectivity index (χ1v) is 9.40. The fourth-order valence-electron chi connectivity index (χ4n) is 3.11. The van der Waals surface area contributed by atoms with Crippen LogP contribution in [-0.4, -0.2) is 44.4 Å². The second-order valence-electron chi connectivity index (χ2n) is 6.61. The fraction of sp³-hybridized carbons (Fsp3) is 0.500. The first-order chi connectivity index (χ1) is 11.5. The molecule has 1 amide bonds. The highest BCUT2D eigenvalue weighted by Gasteiger charge is 2.21. The number of likely N-dealkylation sites (tertiary alicyclic amines) is 1. The summed E-state index contributed by atoms with van der Waals surface area (Å²) in [7, 11) is 1.95. The van der Waals surface area contributed by atoms with E-state index in [1.54, 1.807) is 0 Å². The number of carbonyl (C=O) groups excluding carboxylic acids is 1. The third kappa shape index (κ3) is 3.80. The maximum absolute atomic E-state index is 12.4. The Morgan fingerprint density at radius 3 is 2.96 bits per heavy atom. The van der Waals surface area contributed by atoms with Crippen LogP contribution in [0.25, 0.3) is 11.4 Å². The predicted octanol–water partition coefficient (Wildman–Crippen LogP) is 3.14. The van der Waals surface area contributed by atoms with Crippen LogP contribution in [-0.2, 0) is 11.8 Å². The minimum Gasteiger partial charge on any atom is -0.342 e. The minimum atomic E-state index is 0.201. The lowest BCUT2D eigenvalue weighted by atomic mass is 10.0. The van der Waals surface area contributed by atoms with Gasteiger partial charge in [0.1, 0.15) is 0 Å². The maximum atomic E-state index is 12.4. The van der Waals surface area contributed by atoms with Gasteiger partial charge in [-0.05, 0) is 31.7 Å². The van der Waals surface area contributed by atoms with Crippen LogP contribution >= 0.6 is 11.8 Å². The number of nitrogens with zero attached hydrogens (tertiary/aromatic N) is 4. The molecule has 128 valence electrons. The average Bonchev–Trinajstić information content (AvgIpc) is 2.93. The molecule has 1 aliphatic heterocycles. The second kappa shape index (κ2) is 7.38. The Hall–Kier alpha value is -1.82. The SMILES string of the molecule is Cc1cccc(-c2nnc(SCC(=O)N3CCC[C@H](C)C3)n2C)c1. The summed E-state index contributed by atoms with van der Waals surface area (Å²) < 4.78 is 1.96. The number of rotatable bonds is 4. The van der Waals surface area contributed by atoms with Gasteiger partial charge in [0.05, 0.1) is 5.75 Å². The van der Waals surface area contributed by atoms with Gasteiger partial charge in [0, 0.05) is 25.7 Å². The van der Waals surface area contributed by atoms with Gasteiger partial charge in [-0.25, -0.2) is 0 Å². The molecule has 3 rings (SSSR count). The van der Waals surface area contributed by atoms with Crippen LogP contribution in [0.15, 0.2) is 29.4 Å². The molecule has 24 heavy (non-hydrogen) atoms. The van der Waals surface area contributed by atoms with Crippen molar-refractivity contribution in [3.05, 3.63) is 29.8 Å². The monoisotopic (exact) mass is 344 g/mol. The first kappa shape index (κ1) is 17.0. The van der Waals surface area contributed by atoms with Gasteiger partial charge in [0.25, 0.3) is 0 Å². The molecule has 1 fully saturated rings. The topological polar surface area (TPSA) is 51.0 Å². The lowest BCUT2D eigenvalue weighted by Crippen LogP contribution is -2.40. The average molecular weight is 344 g/mol. The lowest BCUT2D eigenvalue weighted by molar-refractivity contribution is -0.130. The number of hydrogen-bond donors (Lipinski definition) is 0. The molecule has 0 unspecified atom stereocenters. The molecule has 1 aromatic heterocycles. The van der Waals surface area contributed by atoms with Crippen molar-refractivity contribution in [2.75, 3.05) is 18.8 Å². The van der Waals surface area contributed by atoms with E-state index in [2.05, 4.69) is 36.2 Å². The molecule has 0 aliphatic carbocycles. The first-order valence-electron chi connectivity index (χ1n) is 8.41. The number of piperidine rings is 1. The second-order valence-corrected chi connectivity index (χ2v) is 7.55. The summed E-state index contributed by atoms with van der Waals surface area (Å²) in [5.74, 6) is 2.06. The quantitative estimate of drug-likeness (QED) is 0.800. The molecule has 0 N–H and O–H groups in total. The molecular formula is C18H24N4OS. The summed E-state index contributed by atoms with van der Waals surface area (Å²) in [6.07, 6.45) is 2.33. The molecule has 1 aliphatic rings. The van der Waals surface area contributed by atoms with Crippen molar-refractivity contribution in [2.24, 2.45) is 13.0 Å². The van der Waals surface area contributed by atoms with E-state index in [1.807, 2.05) is 28.6 Å². The molecule has 0 spiro atoms. The number of carbonyl (C=O) groups is 1. The molecule has 0 radical (unpaired) electrons. The van der Waals surface area contributed by atoms with Crippen LogP contribution < -0.4 is 0 Å². The number of benzene rings is 1. The van der Waals surface area contributed by atoms with Crippen LogP contribution in [0.4, 0.5) is 0 Å². The van der Waals surface area contributed by atoms with Gasteiger partial charge in [-0.1, -0.05) is 42.4 Å². The molecule has 1 saturated heterocycles. The van der Waals surface area contributed by atoms with Crippen LogP contribution in [0.1, 0.15) is 25.3 Å². The van der Waals surface area contributed by atoms with Gasteiger partial charge in [-0.15, -0.1) is 10.2 Å². The Balaban J connectivity index is 1.65. The highest BCUT2D eigenvalue weighted by atomic mass is 32.2. The Bertz CT molecular complexity index is 728. The van der Waals surface area contributed by atoms with E-state index in [0.717, 1.165) is 36.1 Å². The van der Waals surface area contributed by atoms with E-state index in [0.29, 0.717) is 11.7 Å². The molecule has 1 atom stereocenters. The number of hydrogen-bond acceptors (Lipinski definition) is 4. The van der Waals surface area contributed by atoms with E-state index in [-0.39, 0.29) is 5.91 Å². The smallest absolute Gasteiger partial charge is 0.233 e. The van der Waals surface area contributed by atoms with Crippen LogP contribution in [0.2, 0.25) is 0 Å². The Kier molecular flexibility index (Phi) is 5.23. The summed E-state index contributed by atoms with van der Waals surface area (Å²) in [6, 6.07) is 8.21. The van der Waals surface area contributed by atoms with Crippen molar-refractivity contribution in [3.8, 4) is 11.4 Å². The van der Waals surface area contributed by atoms with Gasteiger partial charge in [-0.2, -0.15) is 0 Å². The largest absolute Gasteiger partial charge is 0.342 e. The summed E-state index contributed by atoms with van der Waals surface area (Å²) in [5.41, 5.74) is 2.24. The third-order valence-corrected chi connectivity index (χ3v) is 5.45. The number of thioether (sulfide) groups is 1. The fourth-order valence-corrected chi connectivity index (χ4v) is 3.92. The molecule has 2 heterocycles. The van der Waals surface area contributed by atoms with Crippen LogP contribution in [0.3, 0.4) is 0 Å². The van der Waals surface area contributed by atoms with E-state index < -0.39 is 0 Å². The van der Waals surface area contributed by atoms with Gasteiger partial charge in [0.2, 0.25) is 5.91 Å². The Morgan fingerprint density at radius 1 is 1.38 bits per heavy atom. The van der Waals surface area contributed by atoms with Crippen molar-refractivity contribution >= 4 is 17.7 Å². The third-order valence-electron chi connectivity index (χ3n) is 4.45. The van der Waals surface area contributed by atoms with E-state index in [1.165, 1.54) is 23.7 Å². The van der Waals surface area contributed by atoms with Gasteiger partial charge >= 0.3 is 0 Å². The Morgan fingerprint density at radius 2 is 2.21 bits per heavy atom. The highest BCUT2D eigenvalue weighted by molar-refractivity contribution is 7.99. The molecule has 1 aromatic carbocycles. The van der Waals surface area contributed by atoms with Crippen molar-refractivity contribution < 1.29 is 4.79 Å². The summed E-state index contributed by atoms with van der Waals surface area (Å²) >= 11 is 1.47. The van der Waals surface area contributed by atoms with Crippen LogP contribution in [0, 0.1) is 12.8 Å². The summed E-state index contributed by atoms with van der Waals surface area (Å²) in [5, 5.41) is 9.34. The van der Waals surface area contributed by atoms with Crippen molar-refractivity contribution in [3.63, 3.8) is 0 Å². The van der Waals surface area contributed by atoms with Crippen LogP contribution in [0.5, 0.6) is 0 Å². The Labute approximate surface area is 147 Å². The standard InChI is InChI=1S/C18H24N4OS/c1-13-6-4-8-15(10-13)17-19-20-18(21(17)3)24-12-16(23)22-9-5-7-14(2)11-22/h4,6,8,10,14H,5,7,9,11-12H2,1-3H3/t14-/m0/s1. The molecule has 0 bridgehead atoms. The number of aromatic nitrogens is 3. The molecule has 5 nitrogen and oxygen atoms in total. The number of amides is 1. The normalized spacial score (nSPS) is 18.0. The van der Waals surface area contributed by atoms with Gasteiger partial charge < -0.3 is 9.47 Å². The zero-order chi connectivity index (χ0) is 17.1. The highest BCUT2D eigenvalue weighted by Crippen LogP contribution is 2.24. The summed E-state index contributed by atoms with van der Waals surface area (Å²) in [6.45, 7) is 6.04. The van der Waals surface area contributed by atoms with Gasteiger partial charge in [-0.3, -0.25) is 4.79 Å². The van der Waals surface area contributed by atoms with E-state index >= 15 is 0 Å². The number of aryl methyl sites for hydroxylation is 1. The van der Waals surface area contributed by atoms with E-state index in [9.17, 15) is 4.79 Å².